The highest BCUT2D eigenvalue weighted by Gasteiger charge is 2.08. The number of nitrogens with one attached hydrogen (secondary N) is 1. The van der Waals surface area contributed by atoms with E-state index in [-0.39, 0.29) is 13.2 Å². The van der Waals surface area contributed by atoms with Crippen LogP contribution in [0.4, 0.5) is 5.69 Å². The van der Waals surface area contributed by atoms with Crippen LogP contribution in [0.2, 0.25) is 0 Å². The number of aliphatic hydroxyl groups excluding tert-OH is 2. The molecule has 1 unspecified atom stereocenters. The van der Waals surface area contributed by atoms with Gasteiger partial charge in [0.25, 0.3) is 0 Å². The number of ether oxygens (including phenoxy) is 1. The van der Waals surface area contributed by atoms with Crippen LogP contribution in [0.15, 0.2) is 48.5 Å². The molecular weight excluding hydrogens is 266 g/mol. The van der Waals surface area contributed by atoms with Crippen molar-refractivity contribution in [2.24, 2.45) is 0 Å². The summed E-state index contributed by atoms with van der Waals surface area (Å²) in [5.74, 6) is 0.738. The van der Waals surface area contributed by atoms with Gasteiger partial charge in [-0.05, 0) is 30.2 Å². The lowest BCUT2D eigenvalue weighted by Gasteiger charge is -2.16. The molecule has 0 fully saturated rings. The molecule has 0 saturated carbocycles. The van der Waals surface area contributed by atoms with E-state index in [2.05, 4.69) is 5.32 Å². The molecule has 0 aliphatic carbocycles. The van der Waals surface area contributed by atoms with Gasteiger partial charge in [0.05, 0.1) is 25.0 Å². The summed E-state index contributed by atoms with van der Waals surface area (Å²) >= 11 is 0. The summed E-state index contributed by atoms with van der Waals surface area (Å²) in [5.41, 5.74) is 3.00. The van der Waals surface area contributed by atoms with Gasteiger partial charge in [-0.15, -0.1) is 0 Å². The first kappa shape index (κ1) is 15.4. The van der Waals surface area contributed by atoms with Gasteiger partial charge >= 0.3 is 0 Å². The summed E-state index contributed by atoms with van der Waals surface area (Å²) in [6, 6.07) is 16.0. The van der Waals surface area contributed by atoms with Crippen LogP contribution in [0.3, 0.4) is 0 Å². The average Bonchev–Trinajstić information content (AvgIpc) is 2.54. The van der Waals surface area contributed by atoms with Crippen LogP contribution in [0.1, 0.15) is 6.92 Å². The summed E-state index contributed by atoms with van der Waals surface area (Å²) in [6.07, 6.45) is -0.792. The van der Waals surface area contributed by atoms with Crippen molar-refractivity contribution in [3.63, 3.8) is 0 Å². The Morgan fingerprint density at radius 3 is 2.52 bits per heavy atom. The van der Waals surface area contributed by atoms with E-state index in [0.29, 0.717) is 6.61 Å². The van der Waals surface area contributed by atoms with Crippen molar-refractivity contribution in [2.75, 3.05) is 25.1 Å². The molecule has 4 nitrogen and oxygen atoms in total. The Kier molecular flexibility index (Phi) is 5.60. The number of hydrogen-bond acceptors (Lipinski definition) is 4. The van der Waals surface area contributed by atoms with E-state index in [1.54, 1.807) is 0 Å². The van der Waals surface area contributed by atoms with E-state index in [9.17, 15) is 5.11 Å². The fraction of sp³-hybridized carbons (Fsp3) is 0.294. The number of hydrogen-bond donors (Lipinski definition) is 3. The second-order valence-electron chi connectivity index (χ2n) is 4.73. The second kappa shape index (κ2) is 7.67. The molecular formula is C17H21NO3. The van der Waals surface area contributed by atoms with Crippen LogP contribution in [0.25, 0.3) is 11.1 Å². The molecule has 3 N–H and O–H groups in total. The highest BCUT2D eigenvalue weighted by molar-refractivity contribution is 5.72. The predicted octanol–water partition coefficient (Wildman–Crippen LogP) is 2.52. The van der Waals surface area contributed by atoms with Crippen LogP contribution in [0, 0.1) is 0 Å². The van der Waals surface area contributed by atoms with Crippen molar-refractivity contribution in [1.82, 2.24) is 0 Å². The highest BCUT2D eigenvalue weighted by atomic mass is 16.5. The molecule has 0 aliphatic rings. The molecule has 2 aromatic rings. The predicted molar refractivity (Wildman–Crippen MR) is 84.6 cm³/mol. The minimum absolute atomic E-state index is 0.269. The number of anilines is 1. The van der Waals surface area contributed by atoms with Crippen LogP contribution >= 0.6 is 0 Å². The Bertz CT molecular complexity index is 557. The van der Waals surface area contributed by atoms with Gasteiger partial charge in [0.15, 0.2) is 0 Å². The lowest BCUT2D eigenvalue weighted by atomic mass is 10.0. The van der Waals surface area contributed by atoms with E-state index in [0.717, 1.165) is 22.6 Å². The lowest BCUT2D eigenvalue weighted by molar-refractivity contribution is 0.105. The third-order valence-electron chi connectivity index (χ3n) is 3.13. The van der Waals surface area contributed by atoms with Crippen molar-refractivity contribution in [2.45, 2.75) is 13.0 Å². The summed E-state index contributed by atoms with van der Waals surface area (Å²) in [4.78, 5) is 0. The molecule has 1 atom stereocenters. The fourth-order valence-corrected chi connectivity index (χ4v) is 2.05. The molecule has 2 aromatic carbocycles. The van der Waals surface area contributed by atoms with Crippen molar-refractivity contribution in [3.8, 4) is 16.9 Å². The maximum atomic E-state index is 9.47. The number of aliphatic hydroxyl groups is 2. The van der Waals surface area contributed by atoms with E-state index in [1.807, 2.05) is 55.5 Å². The first-order valence-electron chi connectivity index (χ1n) is 7.09. The number of benzene rings is 2. The topological polar surface area (TPSA) is 61.7 Å². The van der Waals surface area contributed by atoms with Gasteiger partial charge < -0.3 is 20.3 Å². The third kappa shape index (κ3) is 4.21. The molecule has 0 spiro atoms. The molecule has 2 rings (SSSR count). The van der Waals surface area contributed by atoms with Gasteiger partial charge in [-0.25, -0.2) is 0 Å². The minimum atomic E-state index is -0.792. The standard InChI is InChI=1S/C17H21NO3/c1-2-21-17-9-8-14(13-6-4-3-5-7-13)10-16(17)18-11-15(20)12-19/h3-10,15,18-20H,2,11-12H2,1H3. The molecule has 4 heteroatoms. The zero-order valence-corrected chi connectivity index (χ0v) is 12.1. The molecule has 0 aliphatic heterocycles. The first-order chi connectivity index (χ1) is 10.2. The monoisotopic (exact) mass is 287 g/mol. The molecule has 0 amide bonds. The summed E-state index contributed by atoms with van der Waals surface area (Å²) in [5, 5.41) is 21.5. The fourth-order valence-electron chi connectivity index (χ4n) is 2.05. The molecule has 0 saturated heterocycles. The van der Waals surface area contributed by atoms with Crippen molar-refractivity contribution in [1.29, 1.82) is 0 Å². The third-order valence-corrected chi connectivity index (χ3v) is 3.13. The van der Waals surface area contributed by atoms with Crippen LogP contribution in [-0.4, -0.2) is 36.1 Å². The molecule has 0 aromatic heterocycles. The molecule has 0 heterocycles. The Morgan fingerprint density at radius 2 is 1.86 bits per heavy atom. The van der Waals surface area contributed by atoms with Gasteiger partial charge in [0, 0.05) is 6.54 Å². The smallest absolute Gasteiger partial charge is 0.142 e. The SMILES string of the molecule is CCOc1ccc(-c2ccccc2)cc1NCC(O)CO. The summed E-state index contributed by atoms with van der Waals surface area (Å²) in [6.45, 7) is 2.50. The minimum Gasteiger partial charge on any atom is -0.492 e. The molecule has 0 bridgehead atoms. The summed E-state index contributed by atoms with van der Waals surface area (Å²) < 4.78 is 5.59. The Morgan fingerprint density at radius 1 is 1.10 bits per heavy atom. The quantitative estimate of drug-likeness (QED) is 0.732. The maximum Gasteiger partial charge on any atom is 0.142 e. The normalized spacial score (nSPS) is 12.0. The zero-order chi connectivity index (χ0) is 15.1. The Labute approximate surface area is 125 Å². The van der Waals surface area contributed by atoms with Crippen molar-refractivity contribution >= 4 is 5.69 Å². The average molecular weight is 287 g/mol. The van der Waals surface area contributed by atoms with Crippen LogP contribution in [0.5, 0.6) is 5.75 Å². The van der Waals surface area contributed by atoms with Gasteiger partial charge in [-0.2, -0.15) is 0 Å². The van der Waals surface area contributed by atoms with E-state index >= 15 is 0 Å². The Hall–Kier alpha value is -2.04. The zero-order valence-electron chi connectivity index (χ0n) is 12.1. The Balaban J connectivity index is 2.25. The van der Waals surface area contributed by atoms with Crippen LogP contribution < -0.4 is 10.1 Å². The molecule has 21 heavy (non-hydrogen) atoms. The maximum absolute atomic E-state index is 9.47. The van der Waals surface area contributed by atoms with Gasteiger partial charge in [0.1, 0.15) is 5.75 Å². The lowest BCUT2D eigenvalue weighted by Crippen LogP contribution is -2.23. The van der Waals surface area contributed by atoms with Crippen LogP contribution in [-0.2, 0) is 0 Å². The second-order valence-corrected chi connectivity index (χ2v) is 4.73. The number of rotatable bonds is 7. The van der Waals surface area contributed by atoms with Crippen molar-refractivity contribution in [3.05, 3.63) is 48.5 Å². The van der Waals surface area contributed by atoms with E-state index in [1.165, 1.54) is 0 Å². The van der Waals surface area contributed by atoms with Gasteiger partial charge in [-0.3, -0.25) is 0 Å². The molecule has 112 valence electrons. The largest absolute Gasteiger partial charge is 0.492 e. The first-order valence-corrected chi connectivity index (χ1v) is 7.09. The van der Waals surface area contributed by atoms with Gasteiger partial charge in [0.2, 0.25) is 0 Å². The van der Waals surface area contributed by atoms with Crippen molar-refractivity contribution < 1.29 is 14.9 Å². The van der Waals surface area contributed by atoms with E-state index in [4.69, 9.17) is 9.84 Å². The summed E-state index contributed by atoms with van der Waals surface area (Å²) in [7, 11) is 0. The van der Waals surface area contributed by atoms with Gasteiger partial charge in [-0.1, -0.05) is 36.4 Å². The highest BCUT2D eigenvalue weighted by Crippen LogP contribution is 2.30. The molecule has 0 radical (unpaired) electrons. The van der Waals surface area contributed by atoms with E-state index < -0.39 is 6.10 Å².